The van der Waals surface area contributed by atoms with E-state index >= 15 is 0 Å². The van der Waals surface area contributed by atoms with E-state index in [1.165, 1.54) is 0 Å². The quantitative estimate of drug-likeness (QED) is 0.834. The lowest BCUT2D eigenvalue weighted by atomic mass is 9.92. The highest BCUT2D eigenvalue weighted by atomic mass is 16.2. The lowest BCUT2D eigenvalue weighted by Gasteiger charge is -2.32. The van der Waals surface area contributed by atoms with Crippen molar-refractivity contribution in [2.75, 3.05) is 17.2 Å². The molecule has 3 N–H and O–H groups in total. The summed E-state index contributed by atoms with van der Waals surface area (Å²) < 4.78 is 0. The van der Waals surface area contributed by atoms with Crippen LogP contribution in [0.1, 0.15) is 49.3 Å². The molecule has 6 nitrogen and oxygen atoms in total. The summed E-state index contributed by atoms with van der Waals surface area (Å²) in [4.78, 5) is 29.5. The van der Waals surface area contributed by atoms with Gasteiger partial charge in [0.05, 0.1) is 0 Å². The summed E-state index contributed by atoms with van der Waals surface area (Å²) in [6.07, 6.45) is 0.905. The highest BCUT2D eigenvalue weighted by Gasteiger charge is 2.25. The van der Waals surface area contributed by atoms with Crippen LogP contribution in [-0.4, -0.2) is 29.4 Å². The molecule has 1 aromatic carbocycles. The molecule has 150 valence electrons. The average Bonchev–Trinajstić information content (AvgIpc) is 2.60. The molecule has 1 unspecified atom stereocenters. The molecule has 0 fully saturated rings. The Labute approximate surface area is 167 Å². The third kappa shape index (κ3) is 5.81. The second-order valence-electron chi connectivity index (χ2n) is 7.61. The van der Waals surface area contributed by atoms with Crippen LogP contribution in [0, 0.1) is 12.8 Å². The molecule has 2 amide bonds. The van der Waals surface area contributed by atoms with Crippen molar-refractivity contribution in [3.05, 3.63) is 53.2 Å². The number of carbonyl (C=O) groups is 2. The normalized spacial score (nSPS) is 15.4. The summed E-state index contributed by atoms with van der Waals surface area (Å²) in [6.45, 7) is 10.3. The van der Waals surface area contributed by atoms with Crippen molar-refractivity contribution in [1.29, 1.82) is 0 Å². The van der Waals surface area contributed by atoms with Gasteiger partial charge in [-0.25, -0.2) is 4.98 Å². The molecule has 1 atom stereocenters. The van der Waals surface area contributed by atoms with Crippen LogP contribution in [0.15, 0.2) is 36.4 Å². The van der Waals surface area contributed by atoms with E-state index < -0.39 is 0 Å². The number of nitrogen functional groups attached to an aromatic ring is 1. The number of hydrogen-bond donors (Lipinski definition) is 2. The van der Waals surface area contributed by atoms with E-state index in [0.29, 0.717) is 17.3 Å². The molecule has 2 heterocycles. The Hall–Kier alpha value is -2.89. The van der Waals surface area contributed by atoms with Gasteiger partial charge in [-0.15, -0.1) is 0 Å². The first kappa shape index (κ1) is 21.4. The van der Waals surface area contributed by atoms with Gasteiger partial charge in [-0.2, -0.15) is 0 Å². The lowest BCUT2D eigenvalue weighted by Crippen LogP contribution is -2.38. The maximum atomic E-state index is 12.0. The van der Waals surface area contributed by atoms with Crippen molar-refractivity contribution >= 4 is 23.3 Å². The molecule has 2 aromatic rings. The Bertz CT molecular complexity index is 831. The molecule has 3 rings (SSSR count). The van der Waals surface area contributed by atoms with Crippen molar-refractivity contribution in [2.24, 2.45) is 5.92 Å². The topological polar surface area (TPSA) is 88.3 Å². The molecule has 0 saturated carbocycles. The summed E-state index contributed by atoms with van der Waals surface area (Å²) in [6, 6.07) is 11.3. The number of fused-ring (bicyclic) bond motifs is 1. The predicted molar refractivity (Wildman–Crippen MR) is 113 cm³/mol. The van der Waals surface area contributed by atoms with Crippen molar-refractivity contribution in [2.45, 2.75) is 47.1 Å². The van der Waals surface area contributed by atoms with Gasteiger partial charge in [0.15, 0.2) is 0 Å². The van der Waals surface area contributed by atoms with Crippen LogP contribution in [0.4, 0.5) is 11.5 Å². The van der Waals surface area contributed by atoms with Crippen molar-refractivity contribution < 1.29 is 9.59 Å². The molecular weight excluding hydrogens is 352 g/mol. The number of anilines is 2. The molecule has 6 heteroatoms. The van der Waals surface area contributed by atoms with Crippen LogP contribution in [-0.2, 0) is 11.2 Å². The van der Waals surface area contributed by atoms with Gasteiger partial charge in [-0.05, 0) is 69.0 Å². The maximum absolute atomic E-state index is 12.0. The molecule has 28 heavy (non-hydrogen) atoms. The SMILES string of the molecule is CC(=O)N1CC(C)Cc2cc(C(=O)NC(C)C)ccc21.Cc1cccc(N)n1. The number of carbonyl (C=O) groups excluding carboxylic acids is 2. The molecule has 0 spiro atoms. The van der Waals surface area contributed by atoms with E-state index in [4.69, 9.17) is 5.73 Å². The Morgan fingerprint density at radius 2 is 1.96 bits per heavy atom. The van der Waals surface area contributed by atoms with Crippen molar-refractivity contribution in [3.63, 3.8) is 0 Å². The van der Waals surface area contributed by atoms with Gasteiger partial charge < -0.3 is 16.0 Å². The van der Waals surface area contributed by atoms with E-state index in [-0.39, 0.29) is 17.9 Å². The summed E-state index contributed by atoms with van der Waals surface area (Å²) >= 11 is 0. The molecule has 0 saturated heterocycles. The molecule has 1 aliphatic heterocycles. The van der Waals surface area contributed by atoms with E-state index in [9.17, 15) is 9.59 Å². The van der Waals surface area contributed by atoms with Gasteiger partial charge in [-0.1, -0.05) is 13.0 Å². The van der Waals surface area contributed by atoms with Gasteiger partial charge in [0, 0.05) is 36.5 Å². The summed E-state index contributed by atoms with van der Waals surface area (Å²) in [5.74, 6) is 0.993. The maximum Gasteiger partial charge on any atom is 0.251 e. The molecule has 0 aliphatic carbocycles. The highest BCUT2D eigenvalue weighted by Crippen LogP contribution is 2.30. The second kappa shape index (κ2) is 9.35. The molecule has 0 radical (unpaired) electrons. The fourth-order valence-corrected chi connectivity index (χ4v) is 3.21. The number of hydrogen-bond acceptors (Lipinski definition) is 4. The third-order valence-electron chi connectivity index (χ3n) is 4.40. The fourth-order valence-electron chi connectivity index (χ4n) is 3.21. The zero-order valence-electron chi connectivity index (χ0n) is 17.3. The summed E-state index contributed by atoms with van der Waals surface area (Å²) in [7, 11) is 0. The van der Waals surface area contributed by atoms with Gasteiger partial charge in [-0.3, -0.25) is 9.59 Å². The minimum absolute atomic E-state index is 0.0529. The molecular formula is C22H30N4O2. The largest absolute Gasteiger partial charge is 0.384 e. The Morgan fingerprint density at radius 1 is 1.25 bits per heavy atom. The smallest absolute Gasteiger partial charge is 0.251 e. The number of rotatable bonds is 2. The number of aromatic nitrogens is 1. The first-order valence-electron chi connectivity index (χ1n) is 9.58. The third-order valence-corrected chi connectivity index (χ3v) is 4.40. The number of pyridine rings is 1. The number of nitrogens with one attached hydrogen (secondary N) is 1. The van der Waals surface area contributed by atoms with E-state index in [2.05, 4.69) is 17.2 Å². The zero-order chi connectivity index (χ0) is 20.8. The summed E-state index contributed by atoms with van der Waals surface area (Å²) in [5.41, 5.74) is 8.99. The van der Waals surface area contributed by atoms with Gasteiger partial charge >= 0.3 is 0 Å². The predicted octanol–water partition coefficient (Wildman–Crippen LogP) is 3.34. The van der Waals surface area contributed by atoms with Gasteiger partial charge in [0.2, 0.25) is 5.91 Å². The van der Waals surface area contributed by atoms with Crippen LogP contribution in [0.25, 0.3) is 0 Å². The van der Waals surface area contributed by atoms with Crippen LogP contribution in [0.5, 0.6) is 0 Å². The number of aryl methyl sites for hydroxylation is 1. The second-order valence-corrected chi connectivity index (χ2v) is 7.61. The van der Waals surface area contributed by atoms with Crippen molar-refractivity contribution in [3.8, 4) is 0 Å². The van der Waals surface area contributed by atoms with Crippen molar-refractivity contribution in [1.82, 2.24) is 10.3 Å². The monoisotopic (exact) mass is 382 g/mol. The van der Waals surface area contributed by atoms with Crippen LogP contribution in [0.3, 0.4) is 0 Å². The Morgan fingerprint density at radius 3 is 2.50 bits per heavy atom. The Kier molecular flexibility index (Phi) is 7.15. The Balaban J connectivity index is 0.000000292. The highest BCUT2D eigenvalue weighted by molar-refractivity contribution is 5.97. The first-order valence-corrected chi connectivity index (χ1v) is 9.58. The molecule has 0 bridgehead atoms. The minimum Gasteiger partial charge on any atom is -0.384 e. The average molecular weight is 383 g/mol. The van der Waals surface area contributed by atoms with Gasteiger partial charge in [0.25, 0.3) is 5.91 Å². The summed E-state index contributed by atoms with van der Waals surface area (Å²) in [5, 5.41) is 2.89. The van der Waals surface area contributed by atoms with E-state index in [1.54, 1.807) is 24.0 Å². The van der Waals surface area contributed by atoms with Crippen LogP contribution in [0.2, 0.25) is 0 Å². The van der Waals surface area contributed by atoms with Crippen LogP contribution >= 0.6 is 0 Å². The van der Waals surface area contributed by atoms with Crippen LogP contribution < -0.4 is 16.0 Å². The fraction of sp³-hybridized carbons (Fsp3) is 0.409. The zero-order valence-corrected chi connectivity index (χ0v) is 17.3. The van der Waals surface area contributed by atoms with Gasteiger partial charge in [0.1, 0.15) is 5.82 Å². The molecule has 1 aliphatic rings. The van der Waals surface area contributed by atoms with E-state index in [0.717, 1.165) is 29.9 Å². The minimum atomic E-state index is -0.0598. The first-order chi connectivity index (χ1) is 13.2. The van der Waals surface area contributed by atoms with E-state index in [1.807, 2.05) is 45.0 Å². The number of nitrogens with zero attached hydrogens (tertiary/aromatic N) is 2. The number of nitrogens with two attached hydrogens (primary N) is 1. The lowest BCUT2D eigenvalue weighted by molar-refractivity contribution is -0.116. The number of benzene rings is 1. The standard InChI is InChI=1S/C16H22N2O2.C6H8N2/c1-10(2)17-16(20)13-5-6-15-14(8-13)7-11(3)9-18(15)12(4)19;1-5-3-2-4-6(7)8-5/h5-6,8,10-11H,7,9H2,1-4H3,(H,17,20);2-4H,1H3,(H2,7,8). The number of amides is 2. The molecule has 1 aromatic heterocycles.